The van der Waals surface area contributed by atoms with Crippen molar-refractivity contribution in [1.82, 2.24) is 0 Å². The minimum absolute atomic E-state index is 0. The molecule has 6 aromatic rings. The fourth-order valence-electron chi connectivity index (χ4n) is 8.94. The molecule has 1 atom stereocenters. The molecular weight excluding hydrogens is 683 g/mol. The third-order valence-corrected chi connectivity index (χ3v) is 27.8. The van der Waals surface area contributed by atoms with Crippen molar-refractivity contribution < 1.29 is 17.4 Å². The van der Waals surface area contributed by atoms with Gasteiger partial charge in [0.05, 0.1) is 0 Å². The van der Waals surface area contributed by atoms with E-state index >= 15 is 0 Å². The van der Waals surface area contributed by atoms with Gasteiger partial charge in [0, 0.05) is 0 Å². The van der Waals surface area contributed by atoms with E-state index in [1.54, 1.807) is 22.3 Å². The maximum absolute atomic E-state index is 3.67. The van der Waals surface area contributed by atoms with Crippen LogP contribution < -0.4 is 0 Å². The van der Waals surface area contributed by atoms with E-state index in [0.29, 0.717) is 7.25 Å². The van der Waals surface area contributed by atoms with Gasteiger partial charge in [-0.05, 0) is 0 Å². The van der Waals surface area contributed by atoms with Crippen LogP contribution >= 0.6 is 24.8 Å². The summed E-state index contributed by atoms with van der Waals surface area (Å²) in [7, 11) is 0. The zero-order valence-corrected chi connectivity index (χ0v) is 31.7. The van der Waals surface area contributed by atoms with Gasteiger partial charge in [0.15, 0.2) is 0 Å². The SMILES string of the molecule is CCCC1=Cc2c(-c3cc4ccccc4c4ccccc34)cccc2[CH]1[Zr]([CH3])([CH3])(=[SiH2])[CH]1c2ccccc2-c2ccccc21.Cl.Cl. The molecule has 6 aromatic carbocycles. The van der Waals surface area contributed by atoms with E-state index in [4.69, 9.17) is 0 Å². The molecule has 1 unspecified atom stereocenters. The Morgan fingerprint density at radius 2 is 1.09 bits per heavy atom. The number of allylic oxidation sites excluding steroid dienone is 1. The summed E-state index contributed by atoms with van der Waals surface area (Å²) in [6.07, 6.45) is 4.97. The summed E-state index contributed by atoms with van der Waals surface area (Å²) in [4.78, 5) is 0. The summed E-state index contributed by atoms with van der Waals surface area (Å²) in [5.74, 6) is 0. The van der Waals surface area contributed by atoms with E-state index in [1.807, 2.05) is 0 Å². The Kier molecular flexibility index (Phi) is 8.45. The standard InChI is InChI=1S/C26H21.C13H9.2CH3.2ClH.H2Si.Zr/c1-2-8-18-15-19-10-7-14-24(25(19)16-18)26-17-20-9-3-4-11-21(20)22-12-5-6-13-23(22)26;1-3-7-12-10(5-1)9-11-6-2-4-8-13(11)12;;;;;;/h3-7,9-17H,2,8H2,1H3;1-9H;2*1H3;2*1H;1H2;. The number of halogens is 2. The fraction of sp³-hybridized carbons (Fsp3) is 0.171. The van der Waals surface area contributed by atoms with E-state index < -0.39 is 17.4 Å². The second-order valence-corrected chi connectivity index (χ2v) is 44.4. The molecule has 0 amide bonds. The molecule has 2 aliphatic rings. The van der Waals surface area contributed by atoms with Gasteiger partial charge in [-0.15, -0.1) is 24.8 Å². The second kappa shape index (κ2) is 11.8. The van der Waals surface area contributed by atoms with E-state index in [2.05, 4.69) is 150 Å². The Balaban J connectivity index is 0.00000179. The van der Waals surface area contributed by atoms with Crippen molar-refractivity contribution in [3.8, 4) is 22.3 Å². The van der Waals surface area contributed by atoms with Crippen LogP contribution in [0.15, 0.2) is 127 Å². The summed E-state index contributed by atoms with van der Waals surface area (Å²) in [5.41, 5.74) is 13.5. The molecule has 2 aliphatic carbocycles. The molecule has 0 aromatic heterocycles. The minimum Gasteiger partial charge on any atom is -0.147 e. The Hall–Kier alpha value is -2.74. The maximum atomic E-state index is 2.77. The number of hydrogen-bond acceptors (Lipinski definition) is 0. The van der Waals surface area contributed by atoms with E-state index in [1.165, 1.54) is 55.8 Å². The fourth-order valence-corrected chi connectivity index (χ4v) is 28.2. The third-order valence-electron chi connectivity index (χ3n) is 10.5. The van der Waals surface area contributed by atoms with Crippen LogP contribution in [-0.2, 0) is 17.4 Å². The predicted octanol–water partition coefficient (Wildman–Crippen LogP) is 11.8. The first-order valence-corrected chi connectivity index (χ1v) is 29.5. The zero-order chi connectivity index (χ0) is 29.4. The molecule has 0 N–H and O–H groups in total. The van der Waals surface area contributed by atoms with Crippen molar-refractivity contribution in [2.24, 2.45) is 0 Å². The Morgan fingerprint density at radius 1 is 0.556 bits per heavy atom. The van der Waals surface area contributed by atoms with Gasteiger partial charge in [-0.3, -0.25) is 0 Å². The molecule has 0 spiro atoms. The Bertz CT molecular complexity index is 2160. The van der Waals surface area contributed by atoms with Gasteiger partial charge in [-0.25, -0.2) is 0 Å². The van der Waals surface area contributed by atoms with Gasteiger partial charge in [-0.1, -0.05) is 0 Å². The first-order valence-electron chi connectivity index (χ1n) is 15.9. The Morgan fingerprint density at radius 3 is 1.76 bits per heavy atom. The van der Waals surface area contributed by atoms with Crippen molar-refractivity contribution in [2.75, 3.05) is 0 Å². The quantitative estimate of drug-likeness (QED) is 0.123. The summed E-state index contributed by atoms with van der Waals surface area (Å²) in [5, 5.41) is 5.33. The second-order valence-electron chi connectivity index (χ2n) is 13.9. The zero-order valence-electron chi connectivity index (χ0n) is 26.2. The monoisotopic (exact) mass is 720 g/mol. The van der Waals surface area contributed by atoms with Crippen LogP contribution in [0.2, 0.25) is 9.26 Å². The molecule has 226 valence electrons. The van der Waals surface area contributed by atoms with E-state index in [9.17, 15) is 0 Å². The van der Waals surface area contributed by atoms with Gasteiger partial charge >= 0.3 is 260 Å². The van der Waals surface area contributed by atoms with Gasteiger partial charge in [0.1, 0.15) is 0 Å². The van der Waals surface area contributed by atoms with Crippen LogP contribution in [0, 0.1) is 0 Å². The van der Waals surface area contributed by atoms with Gasteiger partial charge < -0.3 is 0 Å². The molecule has 0 nitrogen and oxygen atoms in total. The van der Waals surface area contributed by atoms with Crippen molar-refractivity contribution in [2.45, 2.75) is 36.3 Å². The van der Waals surface area contributed by atoms with E-state index in [0.717, 1.165) is 6.42 Å². The number of fused-ring (bicyclic) bond motifs is 7. The molecule has 8 rings (SSSR count). The predicted molar refractivity (Wildman–Crippen MR) is 201 cm³/mol. The van der Waals surface area contributed by atoms with Crippen LogP contribution in [0.4, 0.5) is 0 Å². The topological polar surface area (TPSA) is 0 Å². The number of rotatable bonds is 5. The minimum atomic E-state index is -3.67. The average molecular weight is 723 g/mol. The van der Waals surface area contributed by atoms with Crippen molar-refractivity contribution >= 4 is 59.3 Å². The molecule has 4 heteroatoms. The number of benzene rings is 6. The Labute approximate surface area is 282 Å². The van der Waals surface area contributed by atoms with Crippen LogP contribution in [0.1, 0.15) is 49.3 Å². The summed E-state index contributed by atoms with van der Waals surface area (Å²) < 4.78 is 6.56. The van der Waals surface area contributed by atoms with Gasteiger partial charge in [-0.2, -0.15) is 0 Å². The van der Waals surface area contributed by atoms with Gasteiger partial charge in [0.25, 0.3) is 0 Å². The molecule has 0 bridgehead atoms. The summed E-state index contributed by atoms with van der Waals surface area (Å²) in [6.45, 7) is 4.81. The van der Waals surface area contributed by atoms with E-state index in [-0.39, 0.29) is 24.8 Å². The molecule has 0 heterocycles. The van der Waals surface area contributed by atoms with Crippen molar-refractivity contribution in [3.05, 3.63) is 149 Å². The summed E-state index contributed by atoms with van der Waals surface area (Å²) in [6, 6.07) is 46.1. The van der Waals surface area contributed by atoms with Crippen LogP contribution in [0.25, 0.3) is 49.9 Å². The molecule has 0 aliphatic heterocycles. The van der Waals surface area contributed by atoms with Crippen LogP contribution in [-0.4, -0.2) is 6.88 Å². The smallest absolute Gasteiger partial charge is 0.147 e. The number of hydrogen-bond donors (Lipinski definition) is 0. The molecule has 0 saturated heterocycles. The maximum Gasteiger partial charge on any atom is -0.147 e. The molecule has 0 radical (unpaired) electrons. The molecular formula is C41H40Cl2SiZr. The normalized spacial score (nSPS) is 15.6. The summed E-state index contributed by atoms with van der Waals surface area (Å²) >= 11 is -3.67. The molecule has 0 saturated carbocycles. The first-order chi connectivity index (χ1) is 20.9. The van der Waals surface area contributed by atoms with Crippen molar-refractivity contribution in [3.63, 3.8) is 0 Å². The average Bonchev–Trinajstić information content (AvgIpc) is 3.58. The van der Waals surface area contributed by atoms with Crippen LogP contribution in [0.5, 0.6) is 0 Å². The first kappa shape index (κ1) is 32.2. The van der Waals surface area contributed by atoms with Crippen molar-refractivity contribution in [1.29, 1.82) is 0 Å². The molecule has 0 fully saturated rings. The molecule has 45 heavy (non-hydrogen) atoms. The van der Waals surface area contributed by atoms with Crippen LogP contribution in [0.3, 0.4) is 0 Å². The third kappa shape index (κ3) is 4.87. The van der Waals surface area contributed by atoms with Gasteiger partial charge in [0.2, 0.25) is 0 Å². The largest absolute Gasteiger partial charge is 0.147 e.